The predicted molar refractivity (Wildman–Crippen MR) is 56.4 cm³/mol. The lowest BCUT2D eigenvalue weighted by molar-refractivity contribution is -0.145. The van der Waals surface area contributed by atoms with E-state index in [0.717, 1.165) is 19.3 Å². The fourth-order valence-electron chi connectivity index (χ4n) is 0.996. The Labute approximate surface area is 90.4 Å². The molecule has 0 aliphatic carbocycles. The van der Waals surface area contributed by atoms with Gasteiger partial charge in [-0.15, -0.1) is 11.6 Å². The Morgan fingerprint density at radius 1 is 1.43 bits per heavy atom. The van der Waals surface area contributed by atoms with Crippen molar-refractivity contribution in [2.24, 2.45) is 0 Å². The zero-order chi connectivity index (χ0) is 11.0. The van der Waals surface area contributed by atoms with E-state index >= 15 is 0 Å². The van der Waals surface area contributed by atoms with E-state index in [2.05, 4.69) is 0 Å². The minimum atomic E-state index is -0.924. The highest BCUT2D eigenvalue weighted by atomic mass is 35.5. The van der Waals surface area contributed by atoms with Crippen LogP contribution in [0.5, 0.6) is 0 Å². The first-order valence-corrected chi connectivity index (χ1v) is 5.55. The van der Waals surface area contributed by atoms with Crippen molar-refractivity contribution < 1.29 is 14.6 Å². The van der Waals surface area contributed by atoms with Crippen molar-refractivity contribution >= 4 is 17.6 Å². The Kier molecular flexibility index (Phi) is 7.90. The SMILES string of the molecule is CCCCOC(=O)C(Cl)C(O)CCC. The number of hydrogen-bond acceptors (Lipinski definition) is 3. The summed E-state index contributed by atoms with van der Waals surface area (Å²) in [7, 11) is 0. The molecule has 0 aromatic heterocycles. The molecule has 1 N–H and O–H groups in total. The Morgan fingerprint density at radius 2 is 2.07 bits per heavy atom. The second kappa shape index (κ2) is 8.06. The minimum absolute atomic E-state index is 0.386. The average Bonchev–Trinajstić information content (AvgIpc) is 2.17. The van der Waals surface area contributed by atoms with E-state index in [1.165, 1.54) is 0 Å². The van der Waals surface area contributed by atoms with E-state index < -0.39 is 17.5 Å². The van der Waals surface area contributed by atoms with Gasteiger partial charge in [-0.1, -0.05) is 26.7 Å². The third kappa shape index (κ3) is 5.45. The van der Waals surface area contributed by atoms with E-state index in [4.69, 9.17) is 16.3 Å². The number of halogens is 1. The number of esters is 1. The van der Waals surface area contributed by atoms with Gasteiger partial charge in [-0.3, -0.25) is 4.79 Å². The summed E-state index contributed by atoms with van der Waals surface area (Å²) in [4.78, 5) is 11.2. The van der Waals surface area contributed by atoms with Crippen molar-refractivity contribution in [2.75, 3.05) is 6.61 Å². The first kappa shape index (κ1) is 13.7. The molecule has 0 bridgehead atoms. The first-order chi connectivity index (χ1) is 6.63. The molecular formula is C10H19ClO3. The van der Waals surface area contributed by atoms with E-state index in [0.29, 0.717) is 13.0 Å². The van der Waals surface area contributed by atoms with Gasteiger partial charge in [0.2, 0.25) is 0 Å². The molecule has 2 unspecified atom stereocenters. The standard InChI is InChI=1S/C10H19ClO3/c1-3-5-7-14-10(13)9(11)8(12)6-4-2/h8-9,12H,3-7H2,1-2H3. The topological polar surface area (TPSA) is 46.5 Å². The molecule has 0 heterocycles. The molecule has 84 valence electrons. The molecule has 0 aromatic carbocycles. The lowest BCUT2D eigenvalue weighted by atomic mass is 10.1. The van der Waals surface area contributed by atoms with Crippen LogP contribution in [-0.4, -0.2) is 29.2 Å². The summed E-state index contributed by atoms with van der Waals surface area (Å²) < 4.78 is 4.88. The third-order valence-corrected chi connectivity index (χ3v) is 2.36. The van der Waals surface area contributed by atoms with Crippen LogP contribution in [0.1, 0.15) is 39.5 Å². The van der Waals surface area contributed by atoms with Crippen molar-refractivity contribution in [2.45, 2.75) is 51.0 Å². The van der Waals surface area contributed by atoms with Crippen LogP contribution in [0.15, 0.2) is 0 Å². The molecule has 4 heteroatoms. The van der Waals surface area contributed by atoms with Gasteiger partial charge in [-0.2, -0.15) is 0 Å². The molecular weight excluding hydrogens is 204 g/mol. The molecule has 0 aliphatic heterocycles. The summed E-state index contributed by atoms with van der Waals surface area (Å²) >= 11 is 5.71. The molecule has 14 heavy (non-hydrogen) atoms. The molecule has 0 aromatic rings. The first-order valence-electron chi connectivity index (χ1n) is 5.12. The summed E-state index contributed by atoms with van der Waals surface area (Å²) in [5.41, 5.74) is 0. The Balaban J connectivity index is 3.74. The Bertz CT molecular complexity index is 161. The van der Waals surface area contributed by atoms with E-state index in [1.54, 1.807) is 0 Å². The van der Waals surface area contributed by atoms with Gasteiger partial charge in [-0.05, 0) is 12.8 Å². The number of hydrogen-bond donors (Lipinski definition) is 1. The van der Waals surface area contributed by atoms with Gasteiger partial charge in [0.1, 0.15) is 0 Å². The van der Waals surface area contributed by atoms with Gasteiger partial charge >= 0.3 is 5.97 Å². The molecule has 0 amide bonds. The lowest BCUT2D eigenvalue weighted by Gasteiger charge is -2.14. The molecule has 0 saturated heterocycles. The molecule has 0 radical (unpaired) electrons. The highest BCUT2D eigenvalue weighted by Gasteiger charge is 2.24. The number of alkyl halides is 1. The highest BCUT2D eigenvalue weighted by molar-refractivity contribution is 6.30. The zero-order valence-electron chi connectivity index (χ0n) is 8.83. The van der Waals surface area contributed by atoms with Crippen molar-refractivity contribution in [3.63, 3.8) is 0 Å². The maximum Gasteiger partial charge on any atom is 0.326 e. The van der Waals surface area contributed by atoms with Crippen LogP contribution in [0.3, 0.4) is 0 Å². The number of unbranched alkanes of at least 4 members (excludes halogenated alkanes) is 1. The fraction of sp³-hybridized carbons (Fsp3) is 0.900. The van der Waals surface area contributed by atoms with Gasteiger partial charge in [0, 0.05) is 0 Å². The van der Waals surface area contributed by atoms with Gasteiger partial charge in [0.15, 0.2) is 5.38 Å². The number of aliphatic hydroxyl groups is 1. The number of carbonyl (C=O) groups excluding carboxylic acids is 1. The van der Waals surface area contributed by atoms with Crippen LogP contribution in [0, 0.1) is 0 Å². The van der Waals surface area contributed by atoms with Gasteiger partial charge in [0.25, 0.3) is 0 Å². The zero-order valence-corrected chi connectivity index (χ0v) is 9.59. The van der Waals surface area contributed by atoms with Crippen LogP contribution in [-0.2, 0) is 9.53 Å². The van der Waals surface area contributed by atoms with E-state index in [1.807, 2.05) is 13.8 Å². The summed E-state index contributed by atoms with van der Waals surface area (Å²) in [5, 5.41) is 8.49. The summed E-state index contributed by atoms with van der Waals surface area (Å²) in [6.07, 6.45) is 2.33. The Hall–Kier alpha value is -0.280. The van der Waals surface area contributed by atoms with Crippen molar-refractivity contribution in [3.8, 4) is 0 Å². The van der Waals surface area contributed by atoms with Crippen LogP contribution in [0.4, 0.5) is 0 Å². The number of ether oxygens (including phenoxy) is 1. The van der Waals surface area contributed by atoms with Gasteiger partial charge < -0.3 is 9.84 Å². The second-order valence-corrected chi connectivity index (χ2v) is 3.75. The molecule has 3 nitrogen and oxygen atoms in total. The highest BCUT2D eigenvalue weighted by Crippen LogP contribution is 2.10. The molecule has 0 fully saturated rings. The van der Waals surface area contributed by atoms with E-state index in [9.17, 15) is 9.90 Å². The minimum Gasteiger partial charge on any atom is -0.465 e. The number of carbonyl (C=O) groups is 1. The predicted octanol–water partition coefficient (Wildman–Crippen LogP) is 2.10. The van der Waals surface area contributed by atoms with Crippen LogP contribution in [0.2, 0.25) is 0 Å². The summed E-state index contributed by atoms with van der Waals surface area (Å²) in [5.74, 6) is -0.513. The average molecular weight is 223 g/mol. The van der Waals surface area contributed by atoms with E-state index in [-0.39, 0.29) is 0 Å². The number of aliphatic hydroxyl groups excluding tert-OH is 1. The number of rotatable bonds is 7. The van der Waals surface area contributed by atoms with Crippen LogP contribution < -0.4 is 0 Å². The van der Waals surface area contributed by atoms with Crippen molar-refractivity contribution in [1.82, 2.24) is 0 Å². The lowest BCUT2D eigenvalue weighted by Crippen LogP contribution is -2.30. The quantitative estimate of drug-likeness (QED) is 0.408. The van der Waals surface area contributed by atoms with Crippen molar-refractivity contribution in [3.05, 3.63) is 0 Å². The molecule has 0 saturated carbocycles. The normalized spacial score (nSPS) is 14.9. The molecule has 0 rings (SSSR count). The van der Waals surface area contributed by atoms with Crippen LogP contribution in [0.25, 0.3) is 0 Å². The van der Waals surface area contributed by atoms with Crippen LogP contribution >= 0.6 is 11.6 Å². The third-order valence-electron chi connectivity index (χ3n) is 1.89. The fourth-order valence-corrected chi connectivity index (χ4v) is 1.18. The maximum atomic E-state index is 11.2. The smallest absolute Gasteiger partial charge is 0.326 e. The summed E-state index contributed by atoms with van der Waals surface area (Å²) in [6.45, 7) is 4.32. The molecule has 0 spiro atoms. The van der Waals surface area contributed by atoms with Gasteiger partial charge in [-0.25, -0.2) is 0 Å². The van der Waals surface area contributed by atoms with Crippen molar-refractivity contribution in [1.29, 1.82) is 0 Å². The second-order valence-electron chi connectivity index (χ2n) is 3.28. The van der Waals surface area contributed by atoms with Gasteiger partial charge in [0.05, 0.1) is 12.7 Å². The molecule has 2 atom stereocenters. The Morgan fingerprint density at radius 3 is 2.57 bits per heavy atom. The summed E-state index contributed by atoms with van der Waals surface area (Å²) in [6, 6.07) is 0. The largest absolute Gasteiger partial charge is 0.465 e. The monoisotopic (exact) mass is 222 g/mol. The maximum absolute atomic E-state index is 11.2. The molecule has 0 aliphatic rings.